The molecule has 0 spiro atoms. The second-order valence-corrected chi connectivity index (χ2v) is 7.69. The number of rotatable bonds is 7. The molecule has 2 aromatic rings. The molecule has 1 saturated heterocycles. The molecule has 1 aromatic carbocycles. The average molecular weight is 366 g/mol. The lowest BCUT2D eigenvalue weighted by Crippen LogP contribution is -2.40. The fraction of sp³-hybridized carbons (Fsp3) is 0.500. The van der Waals surface area contributed by atoms with Crippen molar-refractivity contribution in [1.82, 2.24) is 14.4 Å². The van der Waals surface area contributed by atoms with Gasteiger partial charge in [0.15, 0.2) is 5.82 Å². The molecule has 0 unspecified atom stereocenters. The summed E-state index contributed by atoms with van der Waals surface area (Å²) in [7, 11) is -3.51. The van der Waals surface area contributed by atoms with Crippen LogP contribution >= 0.6 is 0 Å². The molecule has 0 saturated carbocycles. The molecular weight excluding hydrogens is 344 g/mol. The minimum absolute atomic E-state index is 0.261. The lowest BCUT2D eigenvalue weighted by atomic mass is 10.3. The summed E-state index contributed by atoms with van der Waals surface area (Å²) in [5.41, 5.74) is 0.685. The van der Waals surface area contributed by atoms with Crippen LogP contribution in [0.2, 0.25) is 0 Å². The number of ether oxygens (including phenoxy) is 1. The Kier molecular flexibility index (Phi) is 5.67. The van der Waals surface area contributed by atoms with Crippen molar-refractivity contribution in [2.45, 2.75) is 31.2 Å². The zero-order valence-electron chi connectivity index (χ0n) is 14.1. The van der Waals surface area contributed by atoms with E-state index in [0.29, 0.717) is 50.3 Å². The first kappa shape index (κ1) is 17.8. The van der Waals surface area contributed by atoms with Crippen LogP contribution in [-0.2, 0) is 27.7 Å². The minimum atomic E-state index is -3.51. The number of hydrogen-bond donors (Lipinski definition) is 1. The molecule has 0 aliphatic carbocycles. The van der Waals surface area contributed by atoms with Crippen molar-refractivity contribution in [3.63, 3.8) is 0 Å². The molecule has 3 rings (SSSR count). The second-order valence-electron chi connectivity index (χ2n) is 5.75. The molecule has 1 aliphatic heterocycles. The van der Waals surface area contributed by atoms with Crippen LogP contribution in [0, 0.1) is 0 Å². The number of nitrogens with zero attached hydrogens (tertiary/aromatic N) is 3. The van der Waals surface area contributed by atoms with Crippen molar-refractivity contribution >= 4 is 15.7 Å². The Labute approximate surface area is 147 Å². The predicted molar refractivity (Wildman–Crippen MR) is 91.6 cm³/mol. The minimum Gasteiger partial charge on any atom is -0.379 e. The molecule has 1 fully saturated rings. The number of nitrogens with one attached hydrogen (secondary N) is 1. The molecule has 136 valence electrons. The largest absolute Gasteiger partial charge is 0.379 e. The van der Waals surface area contributed by atoms with Gasteiger partial charge in [0.25, 0.3) is 0 Å². The summed E-state index contributed by atoms with van der Waals surface area (Å²) >= 11 is 0. The summed E-state index contributed by atoms with van der Waals surface area (Å²) in [6.07, 6.45) is 1.73. The topological polar surface area (TPSA) is 97.6 Å². The van der Waals surface area contributed by atoms with Gasteiger partial charge in [-0.2, -0.15) is 9.29 Å². The van der Waals surface area contributed by atoms with Crippen LogP contribution in [0.3, 0.4) is 0 Å². The van der Waals surface area contributed by atoms with E-state index in [1.807, 2.05) is 6.07 Å². The van der Waals surface area contributed by atoms with Gasteiger partial charge in [-0.05, 0) is 24.6 Å². The number of morpholine rings is 1. The molecule has 1 aliphatic rings. The normalized spacial score (nSPS) is 16.0. The van der Waals surface area contributed by atoms with E-state index >= 15 is 0 Å². The SMILES string of the molecule is CCCc1noc(CNc2cccc(S(=O)(=O)N3CCOCC3)c2)n1. The monoisotopic (exact) mass is 366 g/mol. The first-order chi connectivity index (χ1) is 12.1. The second kappa shape index (κ2) is 7.94. The van der Waals surface area contributed by atoms with Gasteiger partial charge in [-0.15, -0.1) is 0 Å². The number of aryl methyl sites for hydroxylation is 1. The van der Waals surface area contributed by atoms with Crippen LogP contribution < -0.4 is 5.32 Å². The van der Waals surface area contributed by atoms with E-state index < -0.39 is 10.0 Å². The lowest BCUT2D eigenvalue weighted by molar-refractivity contribution is 0.0730. The highest BCUT2D eigenvalue weighted by Crippen LogP contribution is 2.21. The molecule has 8 nitrogen and oxygen atoms in total. The van der Waals surface area contributed by atoms with Crippen LogP contribution in [0.5, 0.6) is 0 Å². The number of sulfonamides is 1. The quantitative estimate of drug-likeness (QED) is 0.796. The van der Waals surface area contributed by atoms with Crippen LogP contribution in [-0.4, -0.2) is 49.2 Å². The first-order valence-electron chi connectivity index (χ1n) is 8.33. The molecule has 0 radical (unpaired) electrons. The summed E-state index contributed by atoms with van der Waals surface area (Å²) in [5.74, 6) is 1.16. The summed E-state index contributed by atoms with van der Waals surface area (Å²) in [5, 5.41) is 7.02. The third-order valence-corrected chi connectivity index (χ3v) is 5.76. The first-order valence-corrected chi connectivity index (χ1v) is 9.77. The van der Waals surface area contributed by atoms with Crippen LogP contribution in [0.4, 0.5) is 5.69 Å². The highest BCUT2D eigenvalue weighted by atomic mass is 32.2. The Hall–Kier alpha value is -1.97. The van der Waals surface area contributed by atoms with E-state index in [9.17, 15) is 8.42 Å². The molecule has 1 aromatic heterocycles. The number of anilines is 1. The van der Waals surface area contributed by atoms with Crippen molar-refractivity contribution in [3.8, 4) is 0 Å². The Morgan fingerprint density at radius 3 is 2.84 bits per heavy atom. The van der Waals surface area contributed by atoms with Crippen molar-refractivity contribution in [2.24, 2.45) is 0 Å². The van der Waals surface area contributed by atoms with Gasteiger partial charge in [0, 0.05) is 25.2 Å². The maximum Gasteiger partial charge on any atom is 0.245 e. The van der Waals surface area contributed by atoms with E-state index in [0.717, 1.165) is 12.8 Å². The van der Waals surface area contributed by atoms with Gasteiger partial charge in [0.2, 0.25) is 15.9 Å². The Morgan fingerprint density at radius 2 is 2.08 bits per heavy atom. The van der Waals surface area contributed by atoms with Crippen LogP contribution in [0.1, 0.15) is 25.1 Å². The van der Waals surface area contributed by atoms with E-state index in [1.54, 1.807) is 18.2 Å². The smallest absolute Gasteiger partial charge is 0.245 e. The van der Waals surface area contributed by atoms with Gasteiger partial charge < -0.3 is 14.6 Å². The van der Waals surface area contributed by atoms with E-state index in [4.69, 9.17) is 9.26 Å². The molecule has 9 heteroatoms. The van der Waals surface area contributed by atoms with E-state index in [2.05, 4.69) is 22.4 Å². The fourth-order valence-electron chi connectivity index (χ4n) is 2.57. The Morgan fingerprint density at radius 1 is 1.28 bits per heavy atom. The molecule has 1 N–H and O–H groups in total. The highest BCUT2D eigenvalue weighted by Gasteiger charge is 2.26. The summed E-state index contributed by atoms with van der Waals surface area (Å²) < 4.78 is 37.2. The molecule has 0 amide bonds. The predicted octanol–water partition coefficient (Wildman–Crippen LogP) is 1.66. The zero-order valence-corrected chi connectivity index (χ0v) is 15.0. The van der Waals surface area contributed by atoms with Gasteiger partial charge in [0.1, 0.15) is 0 Å². The van der Waals surface area contributed by atoms with E-state index in [1.165, 1.54) is 4.31 Å². The lowest BCUT2D eigenvalue weighted by Gasteiger charge is -2.26. The molecule has 2 heterocycles. The maximum atomic E-state index is 12.7. The van der Waals surface area contributed by atoms with Gasteiger partial charge in [-0.1, -0.05) is 18.1 Å². The third-order valence-electron chi connectivity index (χ3n) is 3.87. The van der Waals surface area contributed by atoms with Gasteiger partial charge >= 0.3 is 0 Å². The Balaban J connectivity index is 1.68. The van der Waals surface area contributed by atoms with Crippen LogP contribution in [0.25, 0.3) is 0 Å². The van der Waals surface area contributed by atoms with E-state index in [-0.39, 0.29) is 4.90 Å². The van der Waals surface area contributed by atoms with Gasteiger partial charge in [-0.25, -0.2) is 8.42 Å². The summed E-state index contributed by atoms with van der Waals surface area (Å²) in [6.45, 7) is 4.00. The van der Waals surface area contributed by atoms with Gasteiger partial charge in [-0.3, -0.25) is 0 Å². The molecular formula is C16H22N4O4S. The van der Waals surface area contributed by atoms with Crippen molar-refractivity contribution in [2.75, 3.05) is 31.6 Å². The molecule has 0 atom stereocenters. The Bertz CT molecular complexity index is 800. The standard InChI is InChI=1S/C16H22N4O4S/c1-2-4-15-18-16(24-19-15)12-17-13-5-3-6-14(11-13)25(21,22)20-7-9-23-10-8-20/h3,5-6,11,17H,2,4,7-10,12H2,1H3. The molecule has 25 heavy (non-hydrogen) atoms. The average Bonchev–Trinajstić information content (AvgIpc) is 3.09. The number of benzene rings is 1. The summed E-state index contributed by atoms with van der Waals surface area (Å²) in [4.78, 5) is 4.54. The fourth-order valence-corrected chi connectivity index (χ4v) is 4.02. The number of hydrogen-bond acceptors (Lipinski definition) is 7. The third kappa shape index (κ3) is 4.36. The van der Waals surface area contributed by atoms with Crippen LogP contribution in [0.15, 0.2) is 33.7 Å². The zero-order chi connectivity index (χ0) is 17.7. The van der Waals surface area contributed by atoms with Gasteiger partial charge in [0.05, 0.1) is 24.7 Å². The van der Waals surface area contributed by atoms with Crippen molar-refractivity contribution in [1.29, 1.82) is 0 Å². The number of aromatic nitrogens is 2. The van der Waals surface area contributed by atoms with Crippen molar-refractivity contribution < 1.29 is 17.7 Å². The molecule has 0 bridgehead atoms. The highest BCUT2D eigenvalue weighted by molar-refractivity contribution is 7.89. The maximum absolute atomic E-state index is 12.7. The van der Waals surface area contributed by atoms with Crippen molar-refractivity contribution in [3.05, 3.63) is 36.0 Å². The summed E-state index contributed by atoms with van der Waals surface area (Å²) in [6, 6.07) is 6.74.